The van der Waals surface area contributed by atoms with E-state index in [0.29, 0.717) is 11.7 Å². The van der Waals surface area contributed by atoms with Gasteiger partial charge in [0, 0.05) is 18.9 Å². The first-order valence-electron chi connectivity index (χ1n) is 7.71. The topological polar surface area (TPSA) is 71.8 Å². The molecular formula is C16H21N5O. The Balaban J connectivity index is 1.64. The van der Waals surface area contributed by atoms with E-state index in [0.717, 1.165) is 31.6 Å². The first kappa shape index (κ1) is 14.7. The van der Waals surface area contributed by atoms with Crippen LogP contribution in [-0.2, 0) is 0 Å². The van der Waals surface area contributed by atoms with E-state index in [-0.39, 0.29) is 11.9 Å². The summed E-state index contributed by atoms with van der Waals surface area (Å²) >= 11 is 0. The molecule has 116 valence electrons. The van der Waals surface area contributed by atoms with Crippen molar-refractivity contribution in [1.82, 2.24) is 25.4 Å². The molecule has 0 spiro atoms. The van der Waals surface area contributed by atoms with Crippen molar-refractivity contribution in [2.45, 2.75) is 31.8 Å². The van der Waals surface area contributed by atoms with Gasteiger partial charge in [0.15, 0.2) is 0 Å². The maximum Gasteiger partial charge on any atom is 0.272 e. The van der Waals surface area contributed by atoms with E-state index in [1.807, 2.05) is 36.0 Å². The molecule has 3 rings (SSSR count). The Morgan fingerprint density at radius 1 is 1.45 bits per heavy atom. The maximum atomic E-state index is 12.3. The predicted octanol–water partition coefficient (Wildman–Crippen LogP) is 1.69. The number of rotatable bonds is 4. The summed E-state index contributed by atoms with van der Waals surface area (Å²) in [7, 11) is 0. The van der Waals surface area contributed by atoms with E-state index in [2.05, 4.69) is 20.7 Å². The zero-order chi connectivity index (χ0) is 15.4. The van der Waals surface area contributed by atoms with Gasteiger partial charge in [0.2, 0.25) is 0 Å². The quantitative estimate of drug-likeness (QED) is 0.901. The molecule has 6 nitrogen and oxygen atoms in total. The molecular weight excluding hydrogens is 278 g/mol. The molecule has 1 amide bonds. The van der Waals surface area contributed by atoms with Gasteiger partial charge in [-0.25, -0.2) is 0 Å². The fourth-order valence-electron chi connectivity index (χ4n) is 2.70. The largest absolute Gasteiger partial charge is 0.343 e. The van der Waals surface area contributed by atoms with Gasteiger partial charge in [0.25, 0.3) is 5.91 Å². The fraction of sp³-hybridized carbons (Fsp3) is 0.438. The summed E-state index contributed by atoms with van der Waals surface area (Å²) in [6.07, 6.45) is 5.85. The van der Waals surface area contributed by atoms with E-state index in [4.69, 9.17) is 0 Å². The molecule has 0 bridgehead atoms. The molecule has 1 aliphatic heterocycles. The molecule has 1 aliphatic rings. The van der Waals surface area contributed by atoms with Crippen LogP contribution in [0.4, 0.5) is 0 Å². The van der Waals surface area contributed by atoms with Crippen LogP contribution in [0.5, 0.6) is 0 Å². The Hall–Kier alpha value is -2.21. The van der Waals surface area contributed by atoms with Gasteiger partial charge >= 0.3 is 0 Å². The van der Waals surface area contributed by atoms with E-state index < -0.39 is 0 Å². The van der Waals surface area contributed by atoms with Crippen molar-refractivity contribution in [1.29, 1.82) is 0 Å². The Morgan fingerprint density at radius 2 is 2.36 bits per heavy atom. The Bertz CT molecular complexity index is 618. The predicted molar refractivity (Wildman–Crippen MR) is 83.5 cm³/mol. The SMILES string of the molecule is CC(NC(=O)c1ccn(C2CCCNC2)n1)c1ccccn1. The minimum atomic E-state index is -0.166. The molecule has 2 N–H and O–H groups in total. The number of nitrogens with zero attached hydrogens (tertiary/aromatic N) is 3. The molecule has 6 heteroatoms. The van der Waals surface area contributed by atoms with E-state index in [9.17, 15) is 4.79 Å². The minimum Gasteiger partial charge on any atom is -0.343 e. The zero-order valence-electron chi connectivity index (χ0n) is 12.7. The summed E-state index contributed by atoms with van der Waals surface area (Å²) in [4.78, 5) is 16.5. The van der Waals surface area contributed by atoms with Gasteiger partial charge in [-0.2, -0.15) is 5.10 Å². The van der Waals surface area contributed by atoms with Crippen molar-refractivity contribution in [3.8, 4) is 0 Å². The van der Waals surface area contributed by atoms with Crippen LogP contribution in [-0.4, -0.2) is 33.8 Å². The molecule has 2 aromatic rings. The van der Waals surface area contributed by atoms with E-state index in [1.165, 1.54) is 0 Å². The van der Waals surface area contributed by atoms with Crippen LogP contribution in [0.2, 0.25) is 0 Å². The van der Waals surface area contributed by atoms with Crippen LogP contribution in [0.3, 0.4) is 0 Å². The lowest BCUT2D eigenvalue weighted by molar-refractivity contribution is 0.0932. The monoisotopic (exact) mass is 299 g/mol. The summed E-state index contributed by atoms with van der Waals surface area (Å²) in [5.41, 5.74) is 1.29. The molecule has 1 saturated heterocycles. The average Bonchev–Trinajstić information content (AvgIpc) is 3.06. The lowest BCUT2D eigenvalue weighted by atomic mass is 10.1. The summed E-state index contributed by atoms with van der Waals surface area (Å²) in [5, 5.41) is 10.7. The number of hydrogen-bond acceptors (Lipinski definition) is 4. The lowest BCUT2D eigenvalue weighted by Gasteiger charge is -2.22. The van der Waals surface area contributed by atoms with Gasteiger partial charge in [0.1, 0.15) is 5.69 Å². The molecule has 22 heavy (non-hydrogen) atoms. The number of carbonyl (C=O) groups is 1. The normalized spacial score (nSPS) is 19.6. The summed E-state index contributed by atoms with van der Waals surface area (Å²) in [5.74, 6) is -0.166. The highest BCUT2D eigenvalue weighted by Gasteiger charge is 2.19. The fourth-order valence-corrected chi connectivity index (χ4v) is 2.70. The highest BCUT2D eigenvalue weighted by molar-refractivity contribution is 5.92. The molecule has 0 aliphatic carbocycles. The van der Waals surface area contributed by atoms with Gasteiger partial charge in [-0.1, -0.05) is 6.07 Å². The third kappa shape index (κ3) is 3.33. The summed E-state index contributed by atoms with van der Waals surface area (Å²) < 4.78 is 1.90. The Labute approximate surface area is 129 Å². The van der Waals surface area contributed by atoms with Gasteiger partial charge in [0.05, 0.1) is 17.8 Å². The number of pyridine rings is 1. The second-order valence-electron chi connectivity index (χ2n) is 5.63. The van der Waals surface area contributed by atoms with Crippen molar-refractivity contribution in [2.75, 3.05) is 13.1 Å². The Morgan fingerprint density at radius 3 is 3.09 bits per heavy atom. The van der Waals surface area contributed by atoms with Gasteiger partial charge < -0.3 is 10.6 Å². The average molecular weight is 299 g/mol. The number of hydrogen-bond donors (Lipinski definition) is 2. The van der Waals surface area contributed by atoms with Gasteiger partial charge in [-0.15, -0.1) is 0 Å². The highest BCUT2D eigenvalue weighted by atomic mass is 16.2. The smallest absolute Gasteiger partial charge is 0.272 e. The standard InChI is InChI=1S/C16H21N5O/c1-12(14-6-2-3-9-18-14)19-16(22)15-7-10-21(20-15)13-5-4-8-17-11-13/h2-3,6-7,9-10,12-13,17H,4-5,8,11H2,1H3,(H,19,22). The molecule has 2 aromatic heterocycles. The number of piperidine rings is 1. The van der Waals surface area contributed by atoms with Gasteiger partial charge in [-0.3, -0.25) is 14.5 Å². The minimum absolute atomic E-state index is 0.143. The van der Waals surface area contributed by atoms with Crippen molar-refractivity contribution in [3.63, 3.8) is 0 Å². The van der Waals surface area contributed by atoms with E-state index in [1.54, 1.807) is 12.3 Å². The molecule has 0 radical (unpaired) electrons. The van der Waals surface area contributed by atoms with E-state index >= 15 is 0 Å². The highest BCUT2D eigenvalue weighted by Crippen LogP contribution is 2.16. The third-order valence-electron chi connectivity index (χ3n) is 3.96. The Kier molecular flexibility index (Phi) is 4.48. The second-order valence-corrected chi connectivity index (χ2v) is 5.63. The zero-order valence-corrected chi connectivity index (χ0v) is 12.7. The first-order valence-corrected chi connectivity index (χ1v) is 7.71. The molecule has 2 unspecified atom stereocenters. The van der Waals surface area contributed by atoms with Crippen LogP contribution in [0.1, 0.15) is 48.0 Å². The van der Waals surface area contributed by atoms with Crippen LogP contribution >= 0.6 is 0 Å². The van der Waals surface area contributed by atoms with Crippen LogP contribution in [0, 0.1) is 0 Å². The van der Waals surface area contributed by atoms with Crippen LogP contribution < -0.4 is 10.6 Å². The van der Waals surface area contributed by atoms with Gasteiger partial charge in [-0.05, 0) is 44.5 Å². The molecule has 1 fully saturated rings. The summed E-state index contributed by atoms with van der Waals surface area (Å²) in [6, 6.07) is 7.64. The molecule has 3 heterocycles. The van der Waals surface area contributed by atoms with Crippen molar-refractivity contribution < 1.29 is 4.79 Å². The second kappa shape index (κ2) is 6.70. The number of carbonyl (C=O) groups excluding carboxylic acids is 1. The number of amides is 1. The van der Waals surface area contributed by atoms with Crippen LogP contribution in [0.15, 0.2) is 36.7 Å². The summed E-state index contributed by atoms with van der Waals surface area (Å²) in [6.45, 7) is 3.89. The van der Waals surface area contributed by atoms with Crippen molar-refractivity contribution in [2.24, 2.45) is 0 Å². The third-order valence-corrected chi connectivity index (χ3v) is 3.96. The molecule has 2 atom stereocenters. The lowest BCUT2D eigenvalue weighted by Crippen LogP contribution is -2.32. The molecule has 0 saturated carbocycles. The maximum absolute atomic E-state index is 12.3. The number of nitrogens with one attached hydrogen (secondary N) is 2. The van der Waals surface area contributed by atoms with Crippen molar-refractivity contribution >= 4 is 5.91 Å². The van der Waals surface area contributed by atoms with Crippen LogP contribution in [0.25, 0.3) is 0 Å². The van der Waals surface area contributed by atoms with Crippen molar-refractivity contribution in [3.05, 3.63) is 48.0 Å². The first-order chi connectivity index (χ1) is 10.7. The molecule has 0 aromatic carbocycles. The number of aromatic nitrogens is 3.